The number of hydrogen-bond donors (Lipinski definition) is 1. The maximum absolute atomic E-state index is 5.09. The number of nitrogens with zero attached hydrogens (tertiary/aromatic N) is 2. The van der Waals surface area contributed by atoms with Crippen LogP contribution in [0.15, 0.2) is 18.3 Å². The molecule has 1 aromatic rings. The molecule has 1 N–H and O–H groups in total. The Bertz CT molecular complexity index is 342. The Labute approximate surface area is 127 Å². The Hall–Kier alpha value is -0.550. The Morgan fingerprint density at radius 2 is 2.00 bits per heavy atom. The molecule has 1 atom stereocenters. The van der Waals surface area contributed by atoms with Crippen molar-refractivity contribution in [1.29, 1.82) is 0 Å². The van der Waals surface area contributed by atoms with Crippen LogP contribution < -0.4 is 10.1 Å². The van der Waals surface area contributed by atoms with Crippen LogP contribution in [0.3, 0.4) is 0 Å². The van der Waals surface area contributed by atoms with Gasteiger partial charge in [0, 0.05) is 44.5 Å². The number of ether oxygens (including phenoxy) is 1. The predicted molar refractivity (Wildman–Crippen MR) is 82.8 cm³/mol. The zero-order valence-electron chi connectivity index (χ0n) is 11.5. The molecule has 4 nitrogen and oxygen atoms in total. The van der Waals surface area contributed by atoms with Crippen molar-refractivity contribution in [3.8, 4) is 5.88 Å². The molecule has 0 aromatic carbocycles. The quantitative estimate of drug-likeness (QED) is 0.926. The van der Waals surface area contributed by atoms with Gasteiger partial charge in [-0.3, -0.25) is 4.90 Å². The van der Waals surface area contributed by atoms with Gasteiger partial charge in [0.1, 0.15) is 0 Å². The molecular formula is C13H23Cl2N3O. The van der Waals surface area contributed by atoms with Gasteiger partial charge in [-0.15, -0.1) is 24.8 Å². The number of methoxy groups -OCH3 is 1. The Morgan fingerprint density at radius 1 is 1.32 bits per heavy atom. The lowest BCUT2D eigenvalue weighted by Gasteiger charge is -2.34. The highest BCUT2D eigenvalue weighted by Gasteiger charge is 2.20. The summed E-state index contributed by atoms with van der Waals surface area (Å²) in [6, 6.07) is 4.55. The van der Waals surface area contributed by atoms with Crippen LogP contribution in [0.25, 0.3) is 0 Å². The predicted octanol–water partition coefficient (Wildman–Crippen LogP) is 2.29. The largest absolute Gasteiger partial charge is 0.481 e. The molecule has 2 heterocycles. The molecule has 1 aliphatic rings. The fraction of sp³-hybridized carbons (Fsp3) is 0.615. The maximum atomic E-state index is 5.09. The zero-order chi connectivity index (χ0) is 12.1. The van der Waals surface area contributed by atoms with Crippen LogP contribution in [0.1, 0.15) is 24.9 Å². The molecule has 0 spiro atoms. The van der Waals surface area contributed by atoms with E-state index in [1.165, 1.54) is 5.56 Å². The molecule has 0 aliphatic carbocycles. The van der Waals surface area contributed by atoms with Gasteiger partial charge >= 0.3 is 0 Å². The van der Waals surface area contributed by atoms with Gasteiger partial charge in [-0.05, 0) is 12.0 Å². The average Bonchev–Trinajstić information content (AvgIpc) is 2.42. The van der Waals surface area contributed by atoms with E-state index in [-0.39, 0.29) is 24.8 Å². The normalized spacial score (nSPS) is 16.9. The summed E-state index contributed by atoms with van der Waals surface area (Å²) in [5.74, 6) is 0.684. The summed E-state index contributed by atoms with van der Waals surface area (Å²) in [4.78, 5) is 6.82. The van der Waals surface area contributed by atoms with Crippen molar-refractivity contribution in [2.24, 2.45) is 0 Å². The summed E-state index contributed by atoms with van der Waals surface area (Å²) < 4.78 is 5.09. The number of nitrogens with one attached hydrogen (secondary N) is 1. The highest BCUT2D eigenvalue weighted by Crippen LogP contribution is 2.24. The number of pyridine rings is 1. The van der Waals surface area contributed by atoms with Crippen LogP contribution in [-0.2, 0) is 0 Å². The van der Waals surface area contributed by atoms with E-state index >= 15 is 0 Å². The Kier molecular flexibility index (Phi) is 9.10. The summed E-state index contributed by atoms with van der Waals surface area (Å²) in [5, 5.41) is 3.39. The van der Waals surface area contributed by atoms with Crippen molar-refractivity contribution in [1.82, 2.24) is 15.2 Å². The third kappa shape index (κ3) is 4.80. The van der Waals surface area contributed by atoms with Crippen LogP contribution in [-0.4, -0.2) is 43.2 Å². The van der Waals surface area contributed by atoms with Crippen LogP contribution in [0, 0.1) is 0 Å². The van der Waals surface area contributed by atoms with Crippen molar-refractivity contribution >= 4 is 24.8 Å². The van der Waals surface area contributed by atoms with E-state index in [2.05, 4.69) is 28.2 Å². The molecule has 1 saturated heterocycles. The molecule has 0 saturated carbocycles. The van der Waals surface area contributed by atoms with Gasteiger partial charge in [0.25, 0.3) is 0 Å². The topological polar surface area (TPSA) is 37.4 Å². The number of halogens is 2. The summed E-state index contributed by atoms with van der Waals surface area (Å²) >= 11 is 0. The Morgan fingerprint density at radius 3 is 2.47 bits per heavy atom. The number of aromatic nitrogens is 1. The maximum Gasteiger partial charge on any atom is 0.212 e. The lowest BCUT2D eigenvalue weighted by Crippen LogP contribution is -2.45. The SMILES string of the molecule is CC[C@H](c1ccc(OC)nc1)N1CCNCC1.Cl.Cl. The molecule has 1 aliphatic heterocycles. The van der Waals surface area contributed by atoms with Crippen LogP contribution in [0.2, 0.25) is 0 Å². The molecule has 1 aromatic heterocycles. The summed E-state index contributed by atoms with van der Waals surface area (Å²) in [5.41, 5.74) is 1.29. The fourth-order valence-electron chi connectivity index (χ4n) is 2.41. The summed E-state index contributed by atoms with van der Waals surface area (Å²) in [7, 11) is 1.65. The fourth-order valence-corrected chi connectivity index (χ4v) is 2.41. The second-order valence-electron chi connectivity index (χ2n) is 4.34. The Balaban J connectivity index is 0.00000162. The third-order valence-corrected chi connectivity index (χ3v) is 3.33. The van der Waals surface area contributed by atoms with Gasteiger partial charge < -0.3 is 10.1 Å². The van der Waals surface area contributed by atoms with Gasteiger partial charge in [-0.25, -0.2) is 4.98 Å². The zero-order valence-corrected chi connectivity index (χ0v) is 13.1. The highest BCUT2D eigenvalue weighted by molar-refractivity contribution is 5.85. The number of piperazine rings is 1. The minimum Gasteiger partial charge on any atom is -0.481 e. The molecule has 1 fully saturated rings. The van der Waals surface area contributed by atoms with Crippen molar-refractivity contribution in [3.05, 3.63) is 23.9 Å². The average molecular weight is 308 g/mol. The van der Waals surface area contributed by atoms with E-state index in [1.54, 1.807) is 7.11 Å². The van der Waals surface area contributed by atoms with Gasteiger partial charge in [0.15, 0.2) is 0 Å². The van der Waals surface area contributed by atoms with Gasteiger partial charge in [0.2, 0.25) is 5.88 Å². The smallest absolute Gasteiger partial charge is 0.212 e. The van der Waals surface area contributed by atoms with E-state index in [1.807, 2.05) is 12.3 Å². The van der Waals surface area contributed by atoms with Crippen molar-refractivity contribution in [2.45, 2.75) is 19.4 Å². The first-order valence-corrected chi connectivity index (χ1v) is 6.30. The molecule has 19 heavy (non-hydrogen) atoms. The molecule has 0 bridgehead atoms. The monoisotopic (exact) mass is 307 g/mol. The van der Waals surface area contributed by atoms with Gasteiger partial charge in [-0.1, -0.05) is 13.0 Å². The number of hydrogen-bond acceptors (Lipinski definition) is 4. The minimum atomic E-state index is 0. The molecule has 0 radical (unpaired) electrons. The van der Waals surface area contributed by atoms with Crippen LogP contribution >= 0.6 is 24.8 Å². The van der Waals surface area contributed by atoms with E-state index in [0.717, 1.165) is 32.6 Å². The van der Waals surface area contributed by atoms with Crippen molar-refractivity contribution in [2.75, 3.05) is 33.3 Å². The minimum absolute atomic E-state index is 0. The van der Waals surface area contributed by atoms with Crippen molar-refractivity contribution in [3.63, 3.8) is 0 Å². The second kappa shape index (κ2) is 9.37. The summed E-state index contributed by atoms with van der Waals surface area (Å²) in [6.45, 7) is 6.63. The molecule has 110 valence electrons. The molecule has 2 rings (SSSR count). The molecule has 6 heteroatoms. The van der Waals surface area contributed by atoms with Gasteiger partial charge in [0.05, 0.1) is 7.11 Å². The van der Waals surface area contributed by atoms with E-state index < -0.39 is 0 Å². The lowest BCUT2D eigenvalue weighted by atomic mass is 10.0. The lowest BCUT2D eigenvalue weighted by molar-refractivity contribution is 0.169. The highest BCUT2D eigenvalue weighted by atomic mass is 35.5. The van der Waals surface area contributed by atoms with Crippen molar-refractivity contribution < 1.29 is 4.74 Å². The van der Waals surface area contributed by atoms with E-state index in [4.69, 9.17) is 4.74 Å². The van der Waals surface area contributed by atoms with E-state index in [0.29, 0.717) is 11.9 Å². The summed E-state index contributed by atoms with van der Waals surface area (Å²) in [6.07, 6.45) is 3.06. The molecule has 0 unspecified atom stereocenters. The molecule has 0 amide bonds. The van der Waals surface area contributed by atoms with Crippen LogP contribution in [0.5, 0.6) is 5.88 Å². The molecular weight excluding hydrogens is 285 g/mol. The van der Waals surface area contributed by atoms with E-state index in [9.17, 15) is 0 Å². The first-order chi connectivity index (χ1) is 8.35. The first-order valence-electron chi connectivity index (χ1n) is 6.30. The second-order valence-corrected chi connectivity index (χ2v) is 4.34. The van der Waals surface area contributed by atoms with Gasteiger partial charge in [-0.2, -0.15) is 0 Å². The number of rotatable bonds is 4. The third-order valence-electron chi connectivity index (χ3n) is 3.33. The standard InChI is InChI=1S/C13H21N3O.2ClH/c1-3-12(16-8-6-14-7-9-16)11-4-5-13(17-2)15-10-11;;/h4-5,10,12,14H,3,6-9H2,1-2H3;2*1H/t12-;;/m1../s1. The first kappa shape index (κ1) is 18.4. The van der Waals surface area contributed by atoms with Crippen LogP contribution in [0.4, 0.5) is 0 Å².